The molecule has 4 nitrogen and oxygen atoms in total. The van der Waals surface area contributed by atoms with Gasteiger partial charge in [-0.05, 0) is 6.42 Å². The van der Waals surface area contributed by atoms with E-state index in [1.165, 1.54) is 0 Å². The van der Waals surface area contributed by atoms with Crippen molar-refractivity contribution in [1.29, 1.82) is 5.26 Å². The van der Waals surface area contributed by atoms with Crippen molar-refractivity contribution in [3.63, 3.8) is 0 Å². The second-order valence-corrected chi connectivity index (χ2v) is 3.50. The van der Waals surface area contributed by atoms with Crippen molar-refractivity contribution in [3.8, 4) is 6.07 Å². The Morgan fingerprint density at radius 1 is 1.77 bits per heavy atom. The number of nitrogens with zero attached hydrogens (tertiary/aromatic N) is 1. The van der Waals surface area contributed by atoms with Crippen molar-refractivity contribution in [2.45, 2.75) is 31.4 Å². The minimum atomic E-state index is -0.760. The van der Waals surface area contributed by atoms with E-state index in [9.17, 15) is 5.11 Å². The summed E-state index contributed by atoms with van der Waals surface area (Å²) in [5.41, 5.74) is -0.760. The van der Waals surface area contributed by atoms with E-state index in [0.29, 0.717) is 26.2 Å². The number of aliphatic hydroxyl groups is 1. The first-order chi connectivity index (χ1) is 6.20. The van der Waals surface area contributed by atoms with Crippen LogP contribution in [0.25, 0.3) is 0 Å². The summed E-state index contributed by atoms with van der Waals surface area (Å²) in [7, 11) is 0. The summed E-state index contributed by atoms with van der Waals surface area (Å²) < 4.78 is 5.09. The van der Waals surface area contributed by atoms with Gasteiger partial charge in [-0.3, -0.25) is 5.32 Å². The van der Waals surface area contributed by atoms with Crippen molar-refractivity contribution in [3.05, 3.63) is 0 Å². The van der Waals surface area contributed by atoms with Crippen molar-refractivity contribution >= 4 is 0 Å². The maximum Gasteiger partial charge on any atom is 0.103 e. The van der Waals surface area contributed by atoms with Gasteiger partial charge in [0, 0.05) is 19.6 Å². The van der Waals surface area contributed by atoms with Crippen LogP contribution in [0.1, 0.15) is 19.8 Å². The Morgan fingerprint density at radius 3 is 3.00 bits per heavy atom. The molecular formula is C9H16N2O2. The molecule has 1 rings (SSSR count). The van der Waals surface area contributed by atoms with Crippen LogP contribution in [0.5, 0.6) is 0 Å². The summed E-state index contributed by atoms with van der Waals surface area (Å²) in [6, 6.07) is 1.97. The second-order valence-electron chi connectivity index (χ2n) is 3.50. The highest BCUT2D eigenvalue weighted by atomic mass is 16.5. The van der Waals surface area contributed by atoms with E-state index in [1.807, 2.05) is 6.92 Å². The normalized spacial score (nSPS) is 29.9. The van der Waals surface area contributed by atoms with Gasteiger partial charge in [0.1, 0.15) is 5.60 Å². The number of ether oxygens (including phenoxy) is 1. The molecule has 0 aliphatic carbocycles. The van der Waals surface area contributed by atoms with Crippen LogP contribution in [0.4, 0.5) is 0 Å². The van der Waals surface area contributed by atoms with Crippen molar-refractivity contribution in [2.75, 3.05) is 19.8 Å². The minimum absolute atomic E-state index is 0.162. The highest BCUT2D eigenvalue weighted by Gasteiger charge is 2.32. The first-order valence-corrected chi connectivity index (χ1v) is 4.63. The van der Waals surface area contributed by atoms with E-state index >= 15 is 0 Å². The zero-order valence-corrected chi connectivity index (χ0v) is 7.92. The lowest BCUT2D eigenvalue weighted by molar-refractivity contribution is 0.0259. The fourth-order valence-electron chi connectivity index (χ4n) is 1.33. The molecule has 1 saturated heterocycles. The molecule has 0 saturated carbocycles. The first-order valence-electron chi connectivity index (χ1n) is 4.63. The van der Waals surface area contributed by atoms with Gasteiger partial charge in [0.2, 0.25) is 0 Å². The SMILES string of the molecule is CCC(C#N)NCC1(O)CCOC1. The molecule has 0 aromatic carbocycles. The van der Waals surface area contributed by atoms with Crippen LogP contribution in [0, 0.1) is 11.3 Å². The average molecular weight is 184 g/mol. The molecule has 1 aliphatic heterocycles. The van der Waals surface area contributed by atoms with Gasteiger partial charge in [0.25, 0.3) is 0 Å². The van der Waals surface area contributed by atoms with Crippen LogP contribution in [0.15, 0.2) is 0 Å². The van der Waals surface area contributed by atoms with E-state index in [-0.39, 0.29) is 6.04 Å². The zero-order valence-electron chi connectivity index (χ0n) is 7.92. The second kappa shape index (κ2) is 4.56. The van der Waals surface area contributed by atoms with E-state index < -0.39 is 5.60 Å². The van der Waals surface area contributed by atoms with Gasteiger partial charge in [0.15, 0.2) is 0 Å². The third kappa shape index (κ3) is 2.96. The van der Waals surface area contributed by atoms with Crippen LogP contribution < -0.4 is 5.32 Å². The Kier molecular flexibility index (Phi) is 3.67. The molecule has 0 bridgehead atoms. The van der Waals surface area contributed by atoms with Crippen molar-refractivity contribution in [2.24, 2.45) is 0 Å². The molecule has 0 spiro atoms. The summed E-state index contributed by atoms with van der Waals surface area (Å²) >= 11 is 0. The number of nitriles is 1. The van der Waals surface area contributed by atoms with E-state index in [2.05, 4.69) is 11.4 Å². The van der Waals surface area contributed by atoms with Gasteiger partial charge in [-0.2, -0.15) is 5.26 Å². The monoisotopic (exact) mass is 184 g/mol. The summed E-state index contributed by atoms with van der Waals surface area (Å²) in [5, 5.41) is 21.5. The summed E-state index contributed by atoms with van der Waals surface area (Å²) in [6.45, 7) is 3.37. The van der Waals surface area contributed by atoms with Crippen molar-refractivity contribution < 1.29 is 9.84 Å². The Balaban J connectivity index is 2.28. The molecule has 0 radical (unpaired) electrons. The predicted octanol–water partition coefficient (Wildman–Crippen LogP) is 0.0296. The van der Waals surface area contributed by atoms with Gasteiger partial charge >= 0.3 is 0 Å². The van der Waals surface area contributed by atoms with Crippen LogP contribution in [0.2, 0.25) is 0 Å². The lowest BCUT2D eigenvalue weighted by Crippen LogP contribution is -2.44. The molecule has 1 fully saturated rings. The third-order valence-electron chi connectivity index (χ3n) is 2.32. The largest absolute Gasteiger partial charge is 0.386 e. The van der Waals surface area contributed by atoms with Crippen LogP contribution in [0.3, 0.4) is 0 Å². The molecule has 0 aromatic rings. The Hall–Kier alpha value is -0.630. The number of rotatable bonds is 4. The van der Waals surface area contributed by atoms with Gasteiger partial charge < -0.3 is 9.84 Å². The average Bonchev–Trinajstić information content (AvgIpc) is 2.55. The van der Waals surface area contributed by atoms with Crippen LogP contribution >= 0.6 is 0 Å². The molecular weight excluding hydrogens is 168 g/mol. The van der Waals surface area contributed by atoms with Gasteiger partial charge in [-0.1, -0.05) is 6.92 Å². The smallest absolute Gasteiger partial charge is 0.103 e. The quantitative estimate of drug-likeness (QED) is 0.647. The minimum Gasteiger partial charge on any atom is -0.386 e. The fourth-order valence-corrected chi connectivity index (χ4v) is 1.33. The molecule has 1 heterocycles. The Morgan fingerprint density at radius 2 is 2.54 bits per heavy atom. The topological polar surface area (TPSA) is 65.3 Å². The zero-order chi connectivity index (χ0) is 9.73. The Bertz CT molecular complexity index is 194. The maximum absolute atomic E-state index is 9.83. The lowest BCUT2D eigenvalue weighted by atomic mass is 10.0. The number of hydrogen-bond donors (Lipinski definition) is 2. The molecule has 4 heteroatoms. The van der Waals surface area contributed by atoms with Crippen LogP contribution in [-0.2, 0) is 4.74 Å². The standard InChI is InChI=1S/C9H16N2O2/c1-2-8(5-10)11-6-9(12)3-4-13-7-9/h8,11-12H,2-4,6-7H2,1H3. The number of hydrogen-bond acceptors (Lipinski definition) is 4. The molecule has 0 aromatic heterocycles. The fraction of sp³-hybridized carbons (Fsp3) is 0.889. The van der Waals surface area contributed by atoms with E-state index in [0.717, 1.165) is 6.42 Å². The third-order valence-corrected chi connectivity index (χ3v) is 2.32. The van der Waals surface area contributed by atoms with Gasteiger partial charge in [-0.15, -0.1) is 0 Å². The molecule has 1 aliphatic rings. The molecule has 2 unspecified atom stereocenters. The van der Waals surface area contributed by atoms with Gasteiger partial charge in [0.05, 0.1) is 18.7 Å². The van der Waals surface area contributed by atoms with Crippen LogP contribution in [-0.4, -0.2) is 36.5 Å². The Labute approximate surface area is 78.5 Å². The highest BCUT2D eigenvalue weighted by Crippen LogP contribution is 2.17. The molecule has 0 amide bonds. The molecule has 74 valence electrons. The summed E-state index contributed by atoms with van der Waals surface area (Å²) in [4.78, 5) is 0. The first kappa shape index (κ1) is 10.5. The van der Waals surface area contributed by atoms with Gasteiger partial charge in [-0.25, -0.2) is 0 Å². The van der Waals surface area contributed by atoms with E-state index in [1.54, 1.807) is 0 Å². The molecule has 2 N–H and O–H groups in total. The molecule has 2 atom stereocenters. The highest BCUT2D eigenvalue weighted by molar-refractivity contribution is 4.93. The van der Waals surface area contributed by atoms with E-state index in [4.69, 9.17) is 10.00 Å². The summed E-state index contributed by atoms with van der Waals surface area (Å²) in [6.07, 6.45) is 1.41. The summed E-state index contributed by atoms with van der Waals surface area (Å²) in [5.74, 6) is 0. The number of nitrogens with one attached hydrogen (secondary N) is 1. The lowest BCUT2D eigenvalue weighted by Gasteiger charge is -2.22. The predicted molar refractivity (Wildman–Crippen MR) is 48.1 cm³/mol. The maximum atomic E-state index is 9.83. The van der Waals surface area contributed by atoms with Crippen molar-refractivity contribution in [1.82, 2.24) is 5.32 Å². The molecule has 13 heavy (non-hydrogen) atoms.